The number of sulfonamides is 1. The Kier molecular flexibility index (Phi) is 5.14. The van der Waals surface area contributed by atoms with E-state index in [0.29, 0.717) is 25.9 Å². The topological polar surface area (TPSA) is 66.5 Å². The number of piperidine rings is 1. The molecule has 6 heteroatoms. The summed E-state index contributed by atoms with van der Waals surface area (Å²) in [6.07, 6.45) is 2.88. The Bertz CT molecular complexity index is 603. The van der Waals surface area contributed by atoms with E-state index in [1.165, 1.54) is 12.3 Å². The maximum atomic E-state index is 12.0. The Labute approximate surface area is 125 Å². The first-order valence-corrected chi connectivity index (χ1v) is 8.52. The molecule has 5 nitrogen and oxygen atoms in total. The highest BCUT2D eigenvalue weighted by molar-refractivity contribution is 7.92. The van der Waals surface area contributed by atoms with Gasteiger partial charge < -0.3 is 4.90 Å². The van der Waals surface area contributed by atoms with Gasteiger partial charge in [-0.25, -0.2) is 13.1 Å². The van der Waals surface area contributed by atoms with Gasteiger partial charge in [-0.3, -0.25) is 4.79 Å². The molecule has 0 bridgehead atoms. The largest absolute Gasteiger partial charge is 0.343 e. The normalized spacial score (nSPS) is 17.3. The molecule has 0 aromatic heterocycles. The third-order valence-electron chi connectivity index (χ3n) is 3.51. The molecule has 1 fully saturated rings. The van der Waals surface area contributed by atoms with Gasteiger partial charge in [-0.2, -0.15) is 0 Å². The number of amides is 1. The smallest absolute Gasteiger partial charge is 0.233 e. The lowest BCUT2D eigenvalue weighted by molar-refractivity contribution is -0.129. The monoisotopic (exact) mass is 308 g/mol. The third-order valence-corrected chi connectivity index (χ3v) is 4.67. The molecule has 1 N–H and O–H groups in total. The van der Waals surface area contributed by atoms with Gasteiger partial charge in [0.05, 0.1) is 0 Å². The minimum atomic E-state index is -3.45. The van der Waals surface area contributed by atoms with E-state index in [0.717, 1.165) is 5.56 Å². The average molecular weight is 308 g/mol. The zero-order valence-corrected chi connectivity index (χ0v) is 12.8. The van der Waals surface area contributed by atoms with Crippen LogP contribution in [0.15, 0.2) is 35.7 Å². The van der Waals surface area contributed by atoms with Crippen molar-refractivity contribution in [3.8, 4) is 0 Å². The molecule has 1 heterocycles. The number of benzene rings is 1. The quantitative estimate of drug-likeness (QED) is 0.918. The molecule has 2 rings (SSSR count). The number of carbonyl (C=O) groups is 1. The molecule has 1 aromatic carbocycles. The summed E-state index contributed by atoms with van der Waals surface area (Å²) in [6, 6.07) is 9.18. The van der Waals surface area contributed by atoms with Crippen LogP contribution in [0.3, 0.4) is 0 Å². The fourth-order valence-electron chi connectivity index (χ4n) is 2.32. The molecule has 0 radical (unpaired) electrons. The zero-order chi connectivity index (χ0) is 15.3. The van der Waals surface area contributed by atoms with E-state index >= 15 is 0 Å². The van der Waals surface area contributed by atoms with Crippen molar-refractivity contribution < 1.29 is 13.2 Å². The molecule has 0 spiro atoms. The van der Waals surface area contributed by atoms with E-state index in [9.17, 15) is 13.2 Å². The minimum absolute atomic E-state index is 0.0419. The molecule has 0 aliphatic carbocycles. The lowest BCUT2D eigenvalue weighted by Crippen LogP contribution is -2.45. The fraction of sp³-hybridized carbons (Fsp3) is 0.400. The van der Waals surface area contributed by atoms with Crippen molar-refractivity contribution in [3.05, 3.63) is 41.3 Å². The van der Waals surface area contributed by atoms with Crippen LogP contribution < -0.4 is 4.72 Å². The van der Waals surface area contributed by atoms with Crippen LogP contribution in [-0.2, 0) is 14.8 Å². The Balaban J connectivity index is 1.90. The molecule has 0 saturated carbocycles. The first kappa shape index (κ1) is 15.7. The molecule has 21 heavy (non-hydrogen) atoms. The van der Waals surface area contributed by atoms with Crippen molar-refractivity contribution in [1.29, 1.82) is 0 Å². The first-order chi connectivity index (χ1) is 9.96. The van der Waals surface area contributed by atoms with Gasteiger partial charge in [-0.15, -0.1) is 0 Å². The first-order valence-electron chi connectivity index (χ1n) is 6.97. The SMILES string of the molecule is CC(=O)N1CCC(NS(=O)(=O)/C=C/c2ccccc2)CC1. The third kappa shape index (κ3) is 4.99. The summed E-state index contributed by atoms with van der Waals surface area (Å²) in [5.74, 6) is 0.0419. The van der Waals surface area contributed by atoms with Gasteiger partial charge >= 0.3 is 0 Å². The van der Waals surface area contributed by atoms with Gasteiger partial charge in [-0.1, -0.05) is 30.3 Å². The molecule has 1 saturated heterocycles. The minimum Gasteiger partial charge on any atom is -0.343 e. The Hall–Kier alpha value is -1.66. The van der Waals surface area contributed by atoms with Crippen molar-refractivity contribution in [3.63, 3.8) is 0 Å². The molecule has 114 valence electrons. The number of hydrogen-bond acceptors (Lipinski definition) is 3. The molecule has 1 aliphatic rings. The van der Waals surface area contributed by atoms with Crippen molar-refractivity contribution >= 4 is 22.0 Å². The van der Waals surface area contributed by atoms with Gasteiger partial charge in [0.25, 0.3) is 0 Å². The second-order valence-electron chi connectivity index (χ2n) is 5.16. The molecular formula is C15H20N2O3S. The maximum absolute atomic E-state index is 12.0. The average Bonchev–Trinajstić information content (AvgIpc) is 2.46. The van der Waals surface area contributed by atoms with Crippen LogP contribution in [-0.4, -0.2) is 38.4 Å². The summed E-state index contributed by atoms with van der Waals surface area (Å²) in [5.41, 5.74) is 0.842. The highest BCUT2D eigenvalue weighted by atomic mass is 32.2. The zero-order valence-electron chi connectivity index (χ0n) is 12.0. The Morgan fingerprint density at radius 2 is 1.86 bits per heavy atom. The van der Waals surface area contributed by atoms with E-state index in [-0.39, 0.29) is 11.9 Å². The van der Waals surface area contributed by atoms with Crippen LogP contribution in [0.5, 0.6) is 0 Å². The predicted octanol–water partition coefficient (Wildman–Crippen LogP) is 1.59. The standard InChI is InChI=1S/C15H20N2O3S/c1-13(18)17-10-7-15(8-11-17)16-21(19,20)12-9-14-5-3-2-4-6-14/h2-6,9,12,15-16H,7-8,10-11H2,1H3/b12-9+. The summed E-state index contributed by atoms with van der Waals surface area (Å²) in [5, 5.41) is 1.19. The molecule has 0 atom stereocenters. The summed E-state index contributed by atoms with van der Waals surface area (Å²) in [4.78, 5) is 13.0. The van der Waals surface area contributed by atoms with Gasteiger partial charge in [0.1, 0.15) is 0 Å². The predicted molar refractivity (Wildman–Crippen MR) is 82.8 cm³/mol. The number of likely N-dealkylation sites (tertiary alicyclic amines) is 1. The van der Waals surface area contributed by atoms with Crippen LogP contribution in [0, 0.1) is 0 Å². The molecule has 0 unspecified atom stereocenters. The fourth-order valence-corrected chi connectivity index (χ4v) is 3.43. The number of nitrogens with one attached hydrogen (secondary N) is 1. The van der Waals surface area contributed by atoms with Crippen molar-refractivity contribution in [1.82, 2.24) is 9.62 Å². The Morgan fingerprint density at radius 3 is 2.43 bits per heavy atom. The number of nitrogens with zero attached hydrogens (tertiary/aromatic N) is 1. The van der Waals surface area contributed by atoms with Gasteiger partial charge in [-0.05, 0) is 24.5 Å². The van der Waals surface area contributed by atoms with Crippen LogP contribution in [0.2, 0.25) is 0 Å². The number of rotatable bonds is 4. The van der Waals surface area contributed by atoms with E-state index in [4.69, 9.17) is 0 Å². The van der Waals surface area contributed by atoms with Gasteiger partial charge in [0, 0.05) is 31.5 Å². The van der Waals surface area contributed by atoms with Crippen molar-refractivity contribution in [2.24, 2.45) is 0 Å². The molecular weight excluding hydrogens is 288 g/mol. The van der Waals surface area contributed by atoms with E-state index in [1.807, 2.05) is 30.3 Å². The van der Waals surface area contributed by atoms with Crippen LogP contribution in [0.25, 0.3) is 6.08 Å². The molecule has 1 amide bonds. The van der Waals surface area contributed by atoms with Gasteiger partial charge in [0.15, 0.2) is 0 Å². The highest BCUT2D eigenvalue weighted by Crippen LogP contribution is 2.12. The summed E-state index contributed by atoms with van der Waals surface area (Å²) in [6.45, 7) is 2.74. The summed E-state index contributed by atoms with van der Waals surface area (Å²) < 4.78 is 26.7. The van der Waals surface area contributed by atoms with Crippen LogP contribution in [0.4, 0.5) is 0 Å². The maximum Gasteiger partial charge on any atom is 0.233 e. The lowest BCUT2D eigenvalue weighted by Gasteiger charge is -2.31. The van der Waals surface area contributed by atoms with E-state index in [1.54, 1.807) is 11.0 Å². The van der Waals surface area contributed by atoms with Crippen molar-refractivity contribution in [2.75, 3.05) is 13.1 Å². The summed E-state index contributed by atoms with van der Waals surface area (Å²) in [7, 11) is -3.45. The lowest BCUT2D eigenvalue weighted by atomic mass is 10.1. The number of carbonyl (C=O) groups excluding carboxylic acids is 1. The van der Waals surface area contributed by atoms with Crippen LogP contribution in [0.1, 0.15) is 25.3 Å². The number of hydrogen-bond donors (Lipinski definition) is 1. The second-order valence-corrected chi connectivity index (χ2v) is 6.75. The Morgan fingerprint density at radius 1 is 1.24 bits per heavy atom. The second kappa shape index (κ2) is 6.87. The molecule has 1 aliphatic heterocycles. The summed E-state index contributed by atoms with van der Waals surface area (Å²) >= 11 is 0. The van der Waals surface area contributed by atoms with E-state index < -0.39 is 10.0 Å². The van der Waals surface area contributed by atoms with Crippen molar-refractivity contribution in [2.45, 2.75) is 25.8 Å². The van der Waals surface area contributed by atoms with Gasteiger partial charge in [0.2, 0.25) is 15.9 Å². The van der Waals surface area contributed by atoms with E-state index in [2.05, 4.69) is 4.72 Å². The highest BCUT2D eigenvalue weighted by Gasteiger charge is 2.23. The molecule has 1 aromatic rings. The van der Waals surface area contributed by atoms with Crippen LogP contribution >= 0.6 is 0 Å².